The van der Waals surface area contributed by atoms with Gasteiger partial charge in [-0.3, -0.25) is 9.59 Å². The molecule has 0 unspecified atom stereocenters. The predicted octanol–water partition coefficient (Wildman–Crippen LogP) is 3.85. The number of ether oxygens (including phenoxy) is 2. The summed E-state index contributed by atoms with van der Waals surface area (Å²) in [5.74, 6) is 1.23. The number of carbonyl (C=O) groups excluding carboxylic acids is 1. The van der Waals surface area contributed by atoms with E-state index in [1.807, 2.05) is 26.0 Å². The highest BCUT2D eigenvalue weighted by Gasteiger charge is 2.38. The molecule has 0 saturated heterocycles. The van der Waals surface area contributed by atoms with Crippen molar-refractivity contribution >= 4 is 23.4 Å². The fourth-order valence-corrected chi connectivity index (χ4v) is 4.83. The number of carbonyl (C=O) groups is 1. The third-order valence-corrected chi connectivity index (χ3v) is 6.21. The van der Waals surface area contributed by atoms with Gasteiger partial charge in [-0.2, -0.15) is 0 Å². The van der Waals surface area contributed by atoms with Crippen molar-refractivity contribution in [2.45, 2.75) is 49.4 Å². The molecule has 1 aliphatic heterocycles. The van der Waals surface area contributed by atoms with Crippen LogP contribution < -0.4 is 20.3 Å². The van der Waals surface area contributed by atoms with E-state index in [4.69, 9.17) is 9.47 Å². The van der Waals surface area contributed by atoms with Crippen LogP contribution >= 0.6 is 11.8 Å². The van der Waals surface area contributed by atoms with Crippen LogP contribution in [0.25, 0.3) is 0 Å². The number of Topliss-reactive ketones (excluding diaryl/α,β-unsaturated/α-hetero) is 1. The van der Waals surface area contributed by atoms with Crippen LogP contribution in [-0.4, -0.2) is 35.2 Å². The van der Waals surface area contributed by atoms with Gasteiger partial charge in [0.25, 0.3) is 5.56 Å². The number of methoxy groups -OCH3 is 2. The van der Waals surface area contributed by atoms with Crippen molar-refractivity contribution in [1.82, 2.24) is 9.97 Å². The first kappa shape index (κ1) is 20.5. The van der Waals surface area contributed by atoms with Crippen LogP contribution in [0.2, 0.25) is 0 Å². The van der Waals surface area contributed by atoms with E-state index in [1.54, 1.807) is 20.3 Å². The van der Waals surface area contributed by atoms with E-state index in [1.165, 1.54) is 11.8 Å². The summed E-state index contributed by atoms with van der Waals surface area (Å²) in [5, 5.41) is 4.14. The molecule has 0 bridgehead atoms. The molecule has 1 atom stereocenters. The summed E-state index contributed by atoms with van der Waals surface area (Å²) in [5.41, 5.74) is 2.54. The first-order valence-corrected chi connectivity index (χ1v) is 10.9. The molecular weight excluding hydrogens is 402 g/mol. The Morgan fingerprint density at radius 2 is 1.90 bits per heavy atom. The lowest BCUT2D eigenvalue weighted by Crippen LogP contribution is -2.32. The number of thioether (sulfide) groups is 1. The molecule has 4 rings (SSSR count). The number of hydrogen-bond acceptors (Lipinski definition) is 7. The summed E-state index contributed by atoms with van der Waals surface area (Å²) in [6.45, 7) is 4.09. The van der Waals surface area contributed by atoms with Gasteiger partial charge >= 0.3 is 0 Å². The van der Waals surface area contributed by atoms with Crippen molar-refractivity contribution in [2.75, 3.05) is 19.5 Å². The fourth-order valence-electron chi connectivity index (χ4n) is 4.09. The summed E-state index contributed by atoms with van der Waals surface area (Å²) in [7, 11) is 3.14. The largest absolute Gasteiger partial charge is 0.493 e. The topological polar surface area (TPSA) is 93.3 Å². The van der Waals surface area contributed by atoms with E-state index in [-0.39, 0.29) is 16.6 Å². The van der Waals surface area contributed by atoms with Gasteiger partial charge in [-0.15, -0.1) is 0 Å². The third-order valence-electron chi connectivity index (χ3n) is 5.32. The van der Waals surface area contributed by atoms with Crippen molar-refractivity contribution in [3.05, 3.63) is 50.9 Å². The molecular formula is C22H25N3O4S. The molecule has 2 N–H and O–H groups in total. The Kier molecular flexibility index (Phi) is 5.60. The van der Waals surface area contributed by atoms with Gasteiger partial charge in [0.05, 0.1) is 19.8 Å². The molecule has 0 spiro atoms. The molecule has 1 aliphatic carbocycles. The minimum atomic E-state index is -0.502. The number of allylic oxidation sites excluding steroid dienone is 2. The highest BCUT2D eigenvalue weighted by molar-refractivity contribution is 7.99. The van der Waals surface area contributed by atoms with Gasteiger partial charge < -0.3 is 19.8 Å². The molecule has 2 heterocycles. The van der Waals surface area contributed by atoms with E-state index in [0.717, 1.165) is 24.1 Å². The first-order valence-electron chi connectivity index (χ1n) is 9.99. The van der Waals surface area contributed by atoms with Gasteiger partial charge in [0.15, 0.2) is 22.4 Å². The highest BCUT2D eigenvalue weighted by Crippen LogP contribution is 2.45. The molecule has 8 heteroatoms. The molecule has 0 radical (unpaired) electrons. The number of aromatic nitrogens is 2. The normalized spacial score (nSPS) is 18.0. The van der Waals surface area contributed by atoms with Crippen LogP contribution in [0.4, 0.5) is 5.82 Å². The van der Waals surface area contributed by atoms with Gasteiger partial charge in [-0.25, -0.2) is 4.98 Å². The van der Waals surface area contributed by atoms with Crippen molar-refractivity contribution in [2.24, 2.45) is 0 Å². The van der Waals surface area contributed by atoms with E-state index in [0.29, 0.717) is 40.0 Å². The van der Waals surface area contributed by atoms with Gasteiger partial charge in [-0.05, 0) is 30.5 Å². The molecule has 2 aliphatic rings. The maximum atomic E-state index is 13.2. The smallest absolute Gasteiger partial charge is 0.257 e. The molecule has 2 aromatic rings. The minimum Gasteiger partial charge on any atom is -0.493 e. The van der Waals surface area contributed by atoms with Crippen LogP contribution in [0.3, 0.4) is 0 Å². The maximum absolute atomic E-state index is 13.2. The number of fused-ring (bicyclic) bond motifs is 1. The van der Waals surface area contributed by atoms with E-state index in [2.05, 4.69) is 15.3 Å². The quantitative estimate of drug-likeness (QED) is 0.553. The summed E-state index contributed by atoms with van der Waals surface area (Å²) >= 11 is 1.50. The van der Waals surface area contributed by atoms with E-state index < -0.39 is 5.92 Å². The van der Waals surface area contributed by atoms with Crippen LogP contribution in [0.1, 0.15) is 50.2 Å². The second-order valence-electron chi connectivity index (χ2n) is 7.64. The van der Waals surface area contributed by atoms with E-state index in [9.17, 15) is 9.59 Å². The Morgan fingerprint density at radius 3 is 2.60 bits per heavy atom. The monoisotopic (exact) mass is 427 g/mol. The number of benzene rings is 1. The zero-order chi connectivity index (χ0) is 21.4. The maximum Gasteiger partial charge on any atom is 0.257 e. The molecule has 158 valence electrons. The van der Waals surface area contributed by atoms with Gasteiger partial charge in [0.2, 0.25) is 0 Å². The fraction of sp³-hybridized carbons (Fsp3) is 0.409. The summed E-state index contributed by atoms with van der Waals surface area (Å²) in [6, 6.07) is 5.51. The summed E-state index contributed by atoms with van der Waals surface area (Å²) in [4.78, 5) is 33.7. The average molecular weight is 428 g/mol. The van der Waals surface area contributed by atoms with Gasteiger partial charge in [-0.1, -0.05) is 31.7 Å². The second-order valence-corrected chi connectivity index (χ2v) is 9.21. The van der Waals surface area contributed by atoms with Gasteiger partial charge in [0.1, 0.15) is 5.82 Å². The molecule has 0 amide bonds. The third kappa shape index (κ3) is 3.60. The Balaban J connectivity index is 1.93. The lowest BCUT2D eigenvalue weighted by atomic mass is 9.76. The van der Waals surface area contributed by atoms with Crippen LogP contribution in [0.15, 0.2) is 39.4 Å². The molecule has 1 aromatic heterocycles. The molecule has 7 nitrogen and oxygen atoms in total. The lowest BCUT2D eigenvalue weighted by Gasteiger charge is -2.33. The second kappa shape index (κ2) is 8.18. The number of hydrogen-bond donors (Lipinski definition) is 2. The first-order chi connectivity index (χ1) is 14.4. The molecule has 30 heavy (non-hydrogen) atoms. The Morgan fingerprint density at radius 1 is 1.13 bits per heavy atom. The average Bonchev–Trinajstić information content (AvgIpc) is 2.71. The van der Waals surface area contributed by atoms with Crippen LogP contribution in [-0.2, 0) is 4.79 Å². The number of ketones is 1. The zero-order valence-electron chi connectivity index (χ0n) is 17.5. The number of H-pyrrole nitrogens is 1. The highest BCUT2D eigenvalue weighted by atomic mass is 32.2. The van der Waals surface area contributed by atoms with E-state index >= 15 is 0 Å². The zero-order valence-corrected chi connectivity index (χ0v) is 18.3. The van der Waals surface area contributed by atoms with Crippen molar-refractivity contribution in [1.29, 1.82) is 0 Å². The SMILES string of the molecule is COc1ccc([C@@H]2C3=C(CCCC3=O)Nc3nc(SC(C)C)[nH]c(=O)c32)cc1OC. The minimum absolute atomic E-state index is 0.0641. The Labute approximate surface area is 179 Å². The molecule has 1 aromatic carbocycles. The van der Waals surface area contributed by atoms with Crippen molar-refractivity contribution in [3.63, 3.8) is 0 Å². The van der Waals surface area contributed by atoms with Crippen molar-refractivity contribution < 1.29 is 14.3 Å². The number of aromatic amines is 1. The molecule has 0 fully saturated rings. The van der Waals surface area contributed by atoms with Crippen LogP contribution in [0.5, 0.6) is 11.5 Å². The summed E-state index contributed by atoms with van der Waals surface area (Å²) in [6.07, 6.45) is 2.02. The predicted molar refractivity (Wildman–Crippen MR) is 117 cm³/mol. The lowest BCUT2D eigenvalue weighted by molar-refractivity contribution is -0.116. The summed E-state index contributed by atoms with van der Waals surface area (Å²) < 4.78 is 10.8. The number of nitrogens with one attached hydrogen (secondary N) is 2. The number of nitrogens with zero attached hydrogens (tertiary/aromatic N) is 1. The van der Waals surface area contributed by atoms with Crippen molar-refractivity contribution in [3.8, 4) is 11.5 Å². The Hall–Kier alpha value is -2.74. The standard InChI is InChI=1S/C22H25N3O4S/c1-11(2)30-22-24-20-19(21(27)25-22)17(18-13(23-20)6-5-7-14(18)26)12-8-9-15(28-3)16(10-12)29-4/h8-11,17H,5-7H2,1-4H3,(H2,23,24,25,27)/t17-/m1/s1. The van der Waals surface area contributed by atoms with Gasteiger partial charge in [0, 0.05) is 28.9 Å². The van der Waals surface area contributed by atoms with Crippen LogP contribution in [0, 0.1) is 0 Å². The number of rotatable bonds is 5. The molecule has 0 saturated carbocycles. The Bertz CT molecular complexity index is 1090. The number of anilines is 1.